The molecule has 6 heteroatoms. The molecule has 1 heterocycles. The Labute approximate surface area is 130 Å². The Morgan fingerprint density at radius 1 is 1.40 bits per heavy atom. The van der Waals surface area contributed by atoms with E-state index in [-0.39, 0.29) is 11.9 Å². The second kappa shape index (κ2) is 7.22. The monoisotopic (exact) mass is 359 g/mol. The second-order valence-corrected chi connectivity index (χ2v) is 7.66. The number of nitrogens with one attached hydrogen (secondary N) is 1. The van der Waals surface area contributed by atoms with Crippen LogP contribution in [0.1, 0.15) is 37.0 Å². The largest absolute Gasteiger partial charge is 0.481 e. The molecule has 4 nitrogen and oxygen atoms in total. The van der Waals surface area contributed by atoms with Gasteiger partial charge in [-0.25, -0.2) is 0 Å². The Hall–Kier alpha value is -0.880. The van der Waals surface area contributed by atoms with Crippen molar-refractivity contribution in [2.75, 3.05) is 0 Å². The number of carbonyl (C=O) groups excluding carboxylic acids is 1. The molecule has 0 bridgehead atoms. The Morgan fingerprint density at radius 2 is 2.20 bits per heavy atom. The first-order chi connectivity index (χ1) is 9.56. The fraction of sp³-hybridized carbons (Fsp3) is 0.571. The van der Waals surface area contributed by atoms with Crippen LogP contribution >= 0.6 is 27.3 Å². The fourth-order valence-electron chi connectivity index (χ4n) is 2.62. The number of carboxylic acid groups (broad SMARTS) is 1. The third kappa shape index (κ3) is 4.31. The van der Waals surface area contributed by atoms with E-state index in [1.165, 1.54) is 4.88 Å². The lowest BCUT2D eigenvalue weighted by atomic mass is 10.0. The normalized spacial score (nSPS) is 21.9. The van der Waals surface area contributed by atoms with Gasteiger partial charge in [-0.05, 0) is 53.7 Å². The van der Waals surface area contributed by atoms with Gasteiger partial charge >= 0.3 is 5.97 Å². The predicted molar refractivity (Wildman–Crippen MR) is 81.9 cm³/mol. The van der Waals surface area contributed by atoms with Crippen LogP contribution in [-0.2, 0) is 16.0 Å². The van der Waals surface area contributed by atoms with E-state index in [9.17, 15) is 9.59 Å². The van der Waals surface area contributed by atoms with Crippen molar-refractivity contribution in [2.45, 2.75) is 44.6 Å². The summed E-state index contributed by atoms with van der Waals surface area (Å²) >= 11 is 5.10. The number of thiophene rings is 1. The van der Waals surface area contributed by atoms with Crippen LogP contribution in [0.2, 0.25) is 0 Å². The van der Waals surface area contributed by atoms with E-state index in [0.29, 0.717) is 12.8 Å². The van der Waals surface area contributed by atoms with Crippen LogP contribution in [-0.4, -0.2) is 23.0 Å². The molecule has 2 atom stereocenters. The van der Waals surface area contributed by atoms with Crippen molar-refractivity contribution in [3.63, 3.8) is 0 Å². The molecular formula is C14H18BrNO3S. The molecule has 1 saturated carbocycles. The minimum absolute atomic E-state index is 0.0289. The number of hydrogen-bond donors (Lipinski definition) is 2. The van der Waals surface area contributed by atoms with E-state index in [1.54, 1.807) is 11.3 Å². The van der Waals surface area contributed by atoms with Crippen LogP contribution in [0.4, 0.5) is 0 Å². The summed E-state index contributed by atoms with van der Waals surface area (Å²) in [4.78, 5) is 24.2. The van der Waals surface area contributed by atoms with E-state index in [2.05, 4.69) is 27.3 Å². The highest BCUT2D eigenvalue weighted by Gasteiger charge is 2.33. The first-order valence-corrected chi connectivity index (χ1v) is 8.43. The molecule has 1 aromatic rings. The van der Waals surface area contributed by atoms with Gasteiger partial charge < -0.3 is 10.4 Å². The highest BCUT2D eigenvalue weighted by Crippen LogP contribution is 2.26. The van der Waals surface area contributed by atoms with Gasteiger partial charge in [0.05, 0.1) is 9.70 Å². The number of amides is 1. The van der Waals surface area contributed by atoms with Gasteiger partial charge in [-0.15, -0.1) is 11.3 Å². The van der Waals surface area contributed by atoms with Crippen LogP contribution in [0.3, 0.4) is 0 Å². The Bertz CT molecular complexity index is 489. The smallest absolute Gasteiger partial charge is 0.308 e. The predicted octanol–water partition coefficient (Wildman–Crippen LogP) is 3.20. The molecule has 1 aromatic heterocycles. The van der Waals surface area contributed by atoms with Gasteiger partial charge in [-0.3, -0.25) is 9.59 Å². The maximum atomic E-state index is 11.9. The first kappa shape index (κ1) is 15.5. The zero-order valence-corrected chi connectivity index (χ0v) is 13.5. The molecular weight excluding hydrogens is 342 g/mol. The average molecular weight is 360 g/mol. The van der Waals surface area contributed by atoms with Gasteiger partial charge in [0, 0.05) is 17.3 Å². The van der Waals surface area contributed by atoms with E-state index in [0.717, 1.165) is 29.5 Å². The van der Waals surface area contributed by atoms with Gasteiger partial charge in [0.2, 0.25) is 5.91 Å². The van der Waals surface area contributed by atoms with Gasteiger partial charge in [-0.1, -0.05) is 6.42 Å². The minimum Gasteiger partial charge on any atom is -0.481 e. The maximum Gasteiger partial charge on any atom is 0.308 e. The SMILES string of the molecule is O=C(CCCc1ccc(Br)s1)NC1CCCC1C(=O)O. The zero-order chi connectivity index (χ0) is 14.5. The van der Waals surface area contributed by atoms with Gasteiger partial charge in [0.15, 0.2) is 0 Å². The van der Waals surface area contributed by atoms with Crippen molar-refractivity contribution < 1.29 is 14.7 Å². The fourth-order valence-corrected chi connectivity index (χ4v) is 4.14. The standard InChI is InChI=1S/C14H18BrNO3S/c15-12-8-7-9(20-12)3-1-6-13(17)16-11-5-2-4-10(11)14(18)19/h7-8,10-11H,1-6H2,(H,16,17)(H,18,19). The molecule has 0 aliphatic heterocycles. The summed E-state index contributed by atoms with van der Waals surface area (Å²) in [7, 11) is 0. The number of aliphatic carboxylic acids is 1. The van der Waals surface area contributed by atoms with Gasteiger partial charge in [-0.2, -0.15) is 0 Å². The molecule has 0 saturated heterocycles. The Balaban J connectivity index is 1.71. The molecule has 1 aliphatic carbocycles. The quantitative estimate of drug-likeness (QED) is 0.819. The summed E-state index contributed by atoms with van der Waals surface area (Å²) in [5.74, 6) is -1.23. The van der Waals surface area contributed by atoms with Crippen LogP contribution < -0.4 is 5.32 Å². The van der Waals surface area contributed by atoms with Crippen LogP contribution in [0.25, 0.3) is 0 Å². The zero-order valence-electron chi connectivity index (χ0n) is 11.1. The lowest BCUT2D eigenvalue weighted by molar-refractivity contribution is -0.142. The molecule has 20 heavy (non-hydrogen) atoms. The Morgan fingerprint density at radius 3 is 2.85 bits per heavy atom. The maximum absolute atomic E-state index is 11.9. The number of carbonyl (C=O) groups is 2. The topological polar surface area (TPSA) is 66.4 Å². The van der Waals surface area contributed by atoms with Crippen molar-refractivity contribution in [2.24, 2.45) is 5.92 Å². The lowest BCUT2D eigenvalue weighted by Gasteiger charge is -2.17. The summed E-state index contributed by atoms with van der Waals surface area (Å²) in [5.41, 5.74) is 0. The van der Waals surface area contributed by atoms with Crippen molar-refractivity contribution in [3.05, 3.63) is 20.8 Å². The molecule has 2 rings (SSSR count). The van der Waals surface area contributed by atoms with Crippen molar-refractivity contribution in [1.29, 1.82) is 0 Å². The number of rotatable bonds is 6. The lowest BCUT2D eigenvalue weighted by Crippen LogP contribution is -2.40. The van der Waals surface area contributed by atoms with Crippen LogP contribution in [0.5, 0.6) is 0 Å². The summed E-state index contributed by atoms with van der Waals surface area (Å²) in [6.45, 7) is 0. The number of carboxylic acids is 1. The van der Waals surface area contributed by atoms with Gasteiger partial charge in [0.25, 0.3) is 0 Å². The first-order valence-electron chi connectivity index (χ1n) is 6.82. The number of aryl methyl sites for hydroxylation is 1. The van der Waals surface area contributed by atoms with Crippen LogP contribution in [0, 0.1) is 5.92 Å². The van der Waals surface area contributed by atoms with Crippen LogP contribution in [0.15, 0.2) is 15.9 Å². The number of hydrogen-bond acceptors (Lipinski definition) is 3. The summed E-state index contributed by atoms with van der Waals surface area (Å²) in [6.07, 6.45) is 4.47. The van der Waals surface area contributed by atoms with E-state index in [4.69, 9.17) is 5.11 Å². The minimum atomic E-state index is -0.795. The molecule has 2 N–H and O–H groups in total. The molecule has 110 valence electrons. The van der Waals surface area contributed by atoms with E-state index < -0.39 is 11.9 Å². The molecule has 0 spiro atoms. The molecule has 0 aromatic carbocycles. The highest BCUT2D eigenvalue weighted by molar-refractivity contribution is 9.11. The molecule has 0 radical (unpaired) electrons. The second-order valence-electron chi connectivity index (χ2n) is 5.11. The van der Waals surface area contributed by atoms with Crippen molar-refractivity contribution in [1.82, 2.24) is 5.32 Å². The summed E-state index contributed by atoms with van der Waals surface area (Å²) in [5, 5.41) is 11.9. The third-order valence-corrected chi connectivity index (χ3v) is 5.32. The van der Waals surface area contributed by atoms with E-state index >= 15 is 0 Å². The van der Waals surface area contributed by atoms with E-state index in [1.807, 2.05) is 6.07 Å². The molecule has 1 fully saturated rings. The molecule has 1 aliphatic rings. The van der Waals surface area contributed by atoms with Crippen molar-refractivity contribution in [3.8, 4) is 0 Å². The summed E-state index contributed by atoms with van der Waals surface area (Å²) in [6, 6.07) is 3.89. The number of halogens is 1. The Kier molecular flexibility index (Phi) is 5.60. The van der Waals surface area contributed by atoms with Gasteiger partial charge in [0.1, 0.15) is 0 Å². The third-order valence-electron chi connectivity index (χ3n) is 3.64. The summed E-state index contributed by atoms with van der Waals surface area (Å²) < 4.78 is 1.10. The highest BCUT2D eigenvalue weighted by atomic mass is 79.9. The average Bonchev–Trinajstić information content (AvgIpc) is 2.98. The van der Waals surface area contributed by atoms with Crippen molar-refractivity contribution >= 4 is 39.1 Å². The molecule has 2 unspecified atom stereocenters. The molecule has 1 amide bonds.